The van der Waals surface area contributed by atoms with Crippen LogP contribution in [0.15, 0.2) is 12.1 Å². The van der Waals surface area contributed by atoms with E-state index in [2.05, 4.69) is 20.4 Å². The molecule has 26 heavy (non-hydrogen) atoms. The van der Waals surface area contributed by atoms with Gasteiger partial charge in [-0.2, -0.15) is 23.1 Å². The van der Waals surface area contributed by atoms with E-state index in [0.29, 0.717) is 24.5 Å². The topological polar surface area (TPSA) is 79.9 Å². The van der Waals surface area contributed by atoms with E-state index in [1.807, 2.05) is 0 Å². The first-order valence-electron chi connectivity index (χ1n) is 8.12. The molecule has 2 saturated heterocycles. The van der Waals surface area contributed by atoms with E-state index in [1.165, 1.54) is 10.7 Å². The molecule has 2 atom stereocenters. The van der Waals surface area contributed by atoms with Crippen molar-refractivity contribution < 1.29 is 17.9 Å². The SMILES string of the molecule is Cc1cc(C#N)c(C(F)(F)F)cc1-n1nnnc1CN1C[C@@H]2CC1CO2. The van der Waals surface area contributed by atoms with Gasteiger partial charge in [-0.05, 0) is 41.5 Å². The van der Waals surface area contributed by atoms with Crippen LogP contribution in [0.4, 0.5) is 13.2 Å². The van der Waals surface area contributed by atoms with Gasteiger partial charge in [0.2, 0.25) is 0 Å². The molecule has 2 aromatic rings. The molecule has 2 aliphatic heterocycles. The van der Waals surface area contributed by atoms with Gasteiger partial charge in [-0.1, -0.05) is 0 Å². The van der Waals surface area contributed by atoms with Gasteiger partial charge >= 0.3 is 6.18 Å². The predicted octanol–water partition coefficient (Wildman–Crippen LogP) is 1.83. The first-order valence-corrected chi connectivity index (χ1v) is 8.12. The number of tetrazole rings is 1. The van der Waals surface area contributed by atoms with Gasteiger partial charge in [-0.15, -0.1) is 5.10 Å². The highest BCUT2D eigenvalue weighted by atomic mass is 19.4. The highest BCUT2D eigenvalue weighted by Crippen LogP contribution is 2.35. The van der Waals surface area contributed by atoms with Crippen molar-refractivity contribution in [2.45, 2.75) is 38.2 Å². The molecule has 0 N–H and O–H groups in total. The lowest BCUT2D eigenvalue weighted by atomic mass is 10.0. The van der Waals surface area contributed by atoms with Gasteiger partial charge in [0.25, 0.3) is 0 Å². The second-order valence-electron chi connectivity index (χ2n) is 6.58. The van der Waals surface area contributed by atoms with E-state index in [1.54, 1.807) is 13.0 Å². The number of alkyl halides is 3. The number of aromatic nitrogens is 4. The normalized spacial score (nSPS) is 22.7. The molecule has 3 heterocycles. The lowest BCUT2D eigenvalue weighted by Crippen LogP contribution is -2.37. The number of ether oxygens (including phenoxy) is 1. The molecule has 0 amide bonds. The summed E-state index contributed by atoms with van der Waals surface area (Å²) >= 11 is 0. The van der Waals surface area contributed by atoms with Crippen molar-refractivity contribution in [3.63, 3.8) is 0 Å². The summed E-state index contributed by atoms with van der Waals surface area (Å²) in [6.07, 6.45) is -3.47. The van der Waals surface area contributed by atoms with Crippen molar-refractivity contribution in [3.8, 4) is 11.8 Å². The summed E-state index contributed by atoms with van der Waals surface area (Å²) in [6.45, 7) is 3.48. The van der Waals surface area contributed by atoms with Crippen LogP contribution in [0.25, 0.3) is 5.69 Å². The Morgan fingerprint density at radius 1 is 1.38 bits per heavy atom. The quantitative estimate of drug-likeness (QED) is 0.827. The Balaban J connectivity index is 1.71. The molecule has 1 unspecified atom stereocenters. The summed E-state index contributed by atoms with van der Waals surface area (Å²) in [5, 5.41) is 20.5. The molecule has 1 aromatic heterocycles. The lowest BCUT2D eigenvalue weighted by molar-refractivity contribution is -0.137. The third-order valence-corrected chi connectivity index (χ3v) is 4.88. The highest BCUT2D eigenvalue weighted by Gasteiger charge is 2.39. The molecule has 2 bridgehead atoms. The number of hydrogen-bond acceptors (Lipinski definition) is 6. The summed E-state index contributed by atoms with van der Waals surface area (Å²) in [5.41, 5.74) is -0.690. The van der Waals surface area contributed by atoms with Gasteiger partial charge in [0.15, 0.2) is 5.82 Å². The fraction of sp³-hybridized carbons (Fsp3) is 0.500. The zero-order valence-corrected chi connectivity index (χ0v) is 13.9. The molecule has 4 rings (SSSR count). The lowest BCUT2D eigenvalue weighted by Gasteiger charge is -2.26. The van der Waals surface area contributed by atoms with Crippen LogP contribution in [0, 0.1) is 18.3 Å². The van der Waals surface area contributed by atoms with E-state index < -0.39 is 17.3 Å². The molecule has 10 heteroatoms. The largest absolute Gasteiger partial charge is 0.417 e. The van der Waals surface area contributed by atoms with Gasteiger partial charge in [-0.3, -0.25) is 4.90 Å². The molecule has 0 saturated carbocycles. The van der Waals surface area contributed by atoms with Gasteiger partial charge in [0, 0.05) is 12.6 Å². The first kappa shape index (κ1) is 16.9. The zero-order valence-electron chi connectivity index (χ0n) is 13.9. The molecule has 7 nitrogen and oxygen atoms in total. The number of hydrogen-bond donors (Lipinski definition) is 0. The second kappa shape index (κ2) is 6.03. The number of halogens is 3. The standard InChI is InChI=1S/C16H15F3N6O/c1-9-2-10(5-20)13(16(17,18)19)4-14(9)25-15(21-22-23-25)7-24-6-12-3-11(24)8-26-12/h2,4,11-12H,3,6-8H2,1H3/t11?,12-/m0/s1. The van der Waals surface area contributed by atoms with E-state index in [-0.39, 0.29) is 17.8 Å². The first-order chi connectivity index (χ1) is 12.4. The van der Waals surface area contributed by atoms with Gasteiger partial charge < -0.3 is 4.74 Å². The Bertz CT molecular complexity index is 887. The maximum Gasteiger partial charge on any atom is 0.417 e. The van der Waals surface area contributed by atoms with Crippen molar-refractivity contribution in [1.29, 1.82) is 5.26 Å². The molecule has 2 fully saturated rings. The maximum atomic E-state index is 13.3. The number of morpholine rings is 1. The third-order valence-electron chi connectivity index (χ3n) is 4.88. The van der Waals surface area contributed by atoms with Crippen LogP contribution >= 0.6 is 0 Å². The van der Waals surface area contributed by atoms with Crippen molar-refractivity contribution in [2.75, 3.05) is 13.2 Å². The minimum absolute atomic E-state index is 0.206. The van der Waals surface area contributed by atoms with Crippen molar-refractivity contribution in [1.82, 2.24) is 25.1 Å². The number of nitriles is 1. The minimum atomic E-state index is -4.63. The number of rotatable bonds is 3. The summed E-state index contributed by atoms with van der Waals surface area (Å²) < 4.78 is 46.7. The number of aryl methyl sites for hydroxylation is 1. The highest BCUT2D eigenvalue weighted by molar-refractivity contribution is 5.52. The summed E-state index contributed by atoms with van der Waals surface area (Å²) in [5.74, 6) is 0.457. The van der Waals surface area contributed by atoms with Gasteiger partial charge in [0.05, 0.1) is 42.1 Å². The molecule has 136 valence electrons. The smallest absolute Gasteiger partial charge is 0.375 e. The molecule has 1 aromatic carbocycles. The number of likely N-dealkylation sites (tertiary alicyclic amines) is 1. The predicted molar refractivity (Wildman–Crippen MR) is 82.2 cm³/mol. The van der Waals surface area contributed by atoms with Crippen molar-refractivity contribution in [3.05, 3.63) is 34.6 Å². The van der Waals surface area contributed by atoms with E-state index in [0.717, 1.165) is 19.0 Å². The van der Waals surface area contributed by atoms with Crippen LogP contribution in [0.1, 0.15) is 28.9 Å². The van der Waals surface area contributed by atoms with Crippen LogP contribution in [0.5, 0.6) is 0 Å². The second-order valence-corrected chi connectivity index (χ2v) is 6.58. The summed E-state index contributed by atoms with van der Waals surface area (Å²) in [6, 6.07) is 4.05. The summed E-state index contributed by atoms with van der Waals surface area (Å²) in [4.78, 5) is 2.18. The average molecular weight is 364 g/mol. The Labute approximate surface area is 147 Å². The Hall–Kier alpha value is -2.51. The number of nitrogens with zero attached hydrogens (tertiary/aromatic N) is 6. The fourth-order valence-electron chi connectivity index (χ4n) is 3.60. The minimum Gasteiger partial charge on any atom is -0.375 e. The average Bonchev–Trinajstić information content (AvgIpc) is 3.30. The molecule has 0 spiro atoms. The van der Waals surface area contributed by atoms with Gasteiger partial charge in [-0.25, -0.2) is 0 Å². The Morgan fingerprint density at radius 2 is 2.19 bits per heavy atom. The maximum absolute atomic E-state index is 13.3. The van der Waals surface area contributed by atoms with E-state index in [9.17, 15) is 13.2 Å². The van der Waals surface area contributed by atoms with Crippen LogP contribution < -0.4 is 0 Å². The Kier molecular flexibility index (Phi) is 3.93. The van der Waals surface area contributed by atoms with Crippen molar-refractivity contribution >= 4 is 0 Å². The molecule has 2 aliphatic rings. The third kappa shape index (κ3) is 2.83. The van der Waals surface area contributed by atoms with Gasteiger partial charge in [0.1, 0.15) is 0 Å². The van der Waals surface area contributed by atoms with Crippen LogP contribution in [-0.2, 0) is 17.5 Å². The Morgan fingerprint density at radius 3 is 2.81 bits per heavy atom. The summed E-state index contributed by atoms with van der Waals surface area (Å²) in [7, 11) is 0. The van der Waals surface area contributed by atoms with Crippen LogP contribution in [-0.4, -0.2) is 50.4 Å². The monoisotopic (exact) mass is 364 g/mol. The molecule has 0 aliphatic carbocycles. The molecular formula is C16H15F3N6O. The number of fused-ring (bicyclic) bond motifs is 2. The molecular weight excluding hydrogens is 349 g/mol. The fourth-order valence-corrected chi connectivity index (χ4v) is 3.60. The van der Waals surface area contributed by atoms with Crippen molar-refractivity contribution in [2.24, 2.45) is 0 Å². The van der Waals surface area contributed by atoms with Crippen LogP contribution in [0.2, 0.25) is 0 Å². The van der Waals surface area contributed by atoms with Crippen LogP contribution in [0.3, 0.4) is 0 Å². The van der Waals surface area contributed by atoms with E-state index in [4.69, 9.17) is 10.00 Å². The zero-order chi connectivity index (χ0) is 18.5. The van der Waals surface area contributed by atoms with E-state index >= 15 is 0 Å². The number of benzene rings is 1. The molecule has 0 radical (unpaired) electrons.